The van der Waals surface area contributed by atoms with Crippen molar-refractivity contribution >= 4 is 17.3 Å². The van der Waals surface area contributed by atoms with E-state index in [-0.39, 0.29) is 0 Å². The molecular weight excluding hydrogens is 409 g/mol. The Hall–Kier alpha value is -2.73. The van der Waals surface area contributed by atoms with E-state index in [4.69, 9.17) is 9.90 Å². The van der Waals surface area contributed by atoms with Crippen molar-refractivity contribution in [2.45, 2.75) is 32.2 Å². The Bertz CT molecular complexity index is 908. The SMILES string of the molecule is O=C(O)C(F)(F)F.c1cnn(Cc2cnc3n2CCN(Cc2nccs2)CC3)c1. The fraction of sp³-hybridized carbons (Fsp3) is 0.412. The molecule has 0 fully saturated rings. The predicted molar refractivity (Wildman–Crippen MR) is 98.3 cm³/mol. The van der Waals surface area contributed by atoms with Gasteiger partial charge in [-0.1, -0.05) is 0 Å². The van der Waals surface area contributed by atoms with Crippen LogP contribution in [0.5, 0.6) is 0 Å². The first-order valence-corrected chi connectivity index (χ1v) is 9.62. The maximum Gasteiger partial charge on any atom is 0.490 e. The van der Waals surface area contributed by atoms with Crippen LogP contribution in [0, 0.1) is 0 Å². The summed E-state index contributed by atoms with van der Waals surface area (Å²) in [5, 5.41) is 14.6. The Morgan fingerprint density at radius 1 is 1.17 bits per heavy atom. The monoisotopic (exact) mass is 428 g/mol. The fourth-order valence-corrected chi connectivity index (χ4v) is 3.56. The summed E-state index contributed by atoms with van der Waals surface area (Å²) in [5.41, 5.74) is 1.23. The Kier molecular flexibility index (Phi) is 6.64. The third-order valence-electron chi connectivity index (χ3n) is 4.28. The van der Waals surface area contributed by atoms with E-state index in [9.17, 15) is 13.2 Å². The van der Waals surface area contributed by atoms with Gasteiger partial charge < -0.3 is 9.67 Å². The summed E-state index contributed by atoms with van der Waals surface area (Å²) in [6.07, 6.45) is 3.59. The Balaban J connectivity index is 0.000000298. The van der Waals surface area contributed by atoms with Gasteiger partial charge in [0, 0.05) is 50.0 Å². The van der Waals surface area contributed by atoms with Crippen LogP contribution in [0.25, 0.3) is 0 Å². The number of hydrogen-bond donors (Lipinski definition) is 1. The second kappa shape index (κ2) is 9.18. The number of halogens is 3. The van der Waals surface area contributed by atoms with Crippen LogP contribution in [-0.2, 0) is 30.8 Å². The second-order valence-electron chi connectivity index (χ2n) is 6.28. The van der Waals surface area contributed by atoms with Crippen molar-refractivity contribution < 1.29 is 23.1 Å². The molecule has 0 saturated carbocycles. The van der Waals surface area contributed by atoms with Crippen molar-refractivity contribution in [1.82, 2.24) is 29.2 Å². The van der Waals surface area contributed by atoms with Gasteiger partial charge in [0.2, 0.25) is 0 Å². The van der Waals surface area contributed by atoms with Crippen LogP contribution in [-0.4, -0.2) is 59.6 Å². The van der Waals surface area contributed by atoms with Gasteiger partial charge in [-0.2, -0.15) is 18.3 Å². The van der Waals surface area contributed by atoms with E-state index in [0.29, 0.717) is 0 Å². The second-order valence-corrected chi connectivity index (χ2v) is 7.26. The van der Waals surface area contributed by atoms with Crippen molar-refractivity contribution in [2.75, 3.05) is 13.1 Å². The summed E-state index contributed by atoms with van der Waals surface area (Å²) >= 11 is 1.73. The topological polar surface area (TPSA) is 89.1 Å². The van der Waals surface area contributed by atoms with E-state index < -0.39 is 12.1 Å². The number of aliphatic carboxylic acids is 1. The average Bonchev–Trinajstić information content (AvgIpc) is 3.39. The number of fused-ring (bicyclic) bond motifs is 1. The minimum absolute atomic E-state index is 0.784. The summed E-state index contributed by atoms with van der Waals surface area (Å²) in [5.74, 6) is -1.57. The van der Waals surface area contributed by atoms with Gasteiger partial charge in [0.25, 0.3) is 0 Å². The van der Waals surface area contributed by atoms with Crippen LogP contribution in [0.15, 0.2) is 36.2 Å². The predicted octanol–water partition coefficient (Wildman–Crippen LogP) is 2.28. The third kappa shape index (κ3) is 5.87. The molecule has 12 heteroatoms. The van der Waals surface area contributed by atoms with Gasteiger partial charge in [0.05, 0.1) is 25.0 Å². The minimum atomic E-state index is -5.08. The first kappa shape index (κ1) is 21.0. The molecule has 0 amide bonds. The van der Waals surface area contributed by atoms with Crippen LogP contribution >= 0.6 is 11.3 Å². The van der Waals surface area contributed by atoms with Crippen molar-refractivity contribution in [3.63, 3.8) is 0 Å². The first-order valence-electron chi connectivity index (χ1n) is 8.74. The fourth-order valence-electron chi connectivity index (χ4n) is 2.90. The summed E-state index contributed by atoms with van der Waals surface area (Å²) in [4.78, 5) is 20.4. The molecule has 0 aliphatic carbocycles. The van der Waals surface area contributed by atoms with Gasteiger partial charge in [-0.3, -0.25) is 9.58 Å². The molecule has 0 radical (unpaired) electrons. The largest absolute Gasteiger partial charge is 0.490 e. The maximum absolute atomic E-state index is 10.6. The van der Waals surface area contributed by atoms with Crippen molar-refractivity contribution in [3.8, 4) is 0 Å². The highest BCUT2D eigenvalue weighted by atomic mass is 32.1. The van der Waals surface area contributed by atoms with Gasteiger partial charge in [0.1, 0.15) is 10.8 Å². The molecule has 3 aromatic rings. The van der Waals surface area contributed by atoms with Gasteiger partial charge >= 0.3 is 12.1 Å². The number of imidazole rings is 1. The Labute approximate surface area is 168 Å². The molecule has 1 aliphatic rings. The number of aromatic nitrogens is 5. The highest BCUT2D eigenvalue weighted by Gasteiger charge is 2.38. The van der Waals surface area contributed by atoms with Crippen LogP contribution in [0.3, 0.4) is 0 Å². The number of thiazole rings is 1. The van der Waals surface area contributed by atoms with Crippen LogP contribution in [0.2, 0.25) is 0 Å². The molecule has 0 saturated heterocycles. The smallest absolute Gasteiger partial charge is 0.475 e. The van der Waals surface area contributed by atoms with Gasteiger partial charge in [0.15, 0.2) is 0 Å². The zero-order valence-electron chi connectivity index (χ0n) is 15.3. The average molecular weight is 428 g/mol. The van der Waals surface area contributed by atoms with Gasteiger partial charge in [-0.15, -0.1) is 11.3 Å². The molecule has 29 heavy (non-hydrogen) atoms. The molecule has 0 unspecified atom stereocenters. The minimum Gasteiger partial charge on any atom is -0.475 e. The van der Waals surface area contributed by atoms with E-state index in [1.165, 1.54) is 16.5 Å². The van der Waals surface area contributed by atoms with E-state index in [0.717, 1.165) is 39.1 Å². The molecule has 1 N–H and O–H groups in total. The van der Waals surface area contributed by atoms with Crippen LogP contribution in [0.4, 0.5) is 13.2 Å². The van der Waals surface area contributed by atoms with Crippen LogP contribution < -0.4 is 0 Å². The molecule has 0 atom stereocenters. The zero-order chi connectivity index (χ0) is 20.9. The molecule has 0 aromatic carbocycles. The zero-order valence-corrected chi connectivity index (χ0v) is 16.1. The molecule has 3 aromatic heterocycles. The number of carboxylic acids is 1. The highest BCUT2D eigenvalue weighted by molar-refractivity contribution is 7.09. The van der Waals surface area contributed by atoms with E-state index in [2.05, 4.69) is 24.5 Å². The quantitative estimate of drug-likeness (QED) is 0.686. The molecule has 0 spiro atoms. The lowest BCUT2D eigenvalue weighted by atomic mass is 10.4. The van der Waals surface area contributed by atoms with E-state index >= 15 is 0 Å². The summed E-state index contributed by atoms with van der Waals surface area (Å²) in [6.45, 7) is 4.79. The Morgan fingerprint density at radius 3 is 2.59 bits per heavy atom. The highest BCUT2D eigenvalue weighted by Crippen LogP contribution is 2.15. The van der Waals surface area contributed by atoms with Gasteiger partial charge in [-0.05, 0) is 6.07 Å². The first-order chi connectivity index (χ1) is 13.8. The van der Waals surface area contributed by atoms with Crippen LogP contribution in [0.1, 0.15) is 16.5 Å². The number of carboxylic acid groups (broad SMARTS) is 1. The van der Waals surface area contributed by atoms with E-state index in [1.54, 1.807) is 11.3 Å². The lowest BCUT2D eigenvalue weighted by molar-refractivity contribution is -0.192. The molecule has 156 valence electrons. The third-order valence-corrected chi connectivity index (χ3v) is 5.04. The number of carbonyl (C=O) groups is 1. The molecule has 4 heterocycles. The molecular formula is C17H19F3N6O2S. The molecule has 1 aliphatic heterocycles. The lowest BCUT2D eigenvalue weighted by Crippen LogP contribution is -2.26. The van der Waals surface area contributed by atoms with E-state index in [1.807, 2.05) is 40.9 Å². The number of nitrogens with zero attached hydrogens (tertiary/aromatic N) is 6. The number of hydrogen-bond acceptors (Lipinski definition) is 6. The lowest BCUT2D eigenvalue weighted by Gasteiger charge is -2.18. The number of alkyl halides is 3. The Morgan fingerprint density at radius 2 is 1.97 bits per heavy atom. The molecule has 8 nitrogen and oxygen atoms in total. The standard InChI is InChI=1S/C15H18N6S.C2HF3O2/c1-3-18-20(5-1)11-13-10-17-14-2-6-19(7-8-21(13)14)12-15-16-4-9-22-15;3-2(4,5)1(6)7/h1,3-5,9-10H,2,6-8,11-12H2;(H,6,7). The maximum atomic E-state index is 10.6. The van der Waals surface area contributed by atoms with Crippen molar-refractivity contribution in [2.24, 2.45) is 0 Å². The number of rotatable bonds is 4. The molecule has 4 rings (SSSR count). The van der Waals surface area contributed by atoms with Crippen molar-refractivity contribution in [1.29, 1.82) is 0 Å². The molecule has 0 bridgehead atoms. The summed E-state index contributed by atoms with van der Waals surface area (Å²) in [7, 11) is 0. The normalized spacial score (nSPS) is 14.6. The summed E-state index contributed by atoms with van der Waals surface area (Å²) < 4.78 is 36.0. The van der Waals surface area contributed by atoms with Gasteiger partial charge in [-0.25, -0.2) is 14.8 Å². The van der Waals surface area contributed by atoms with Crippen molar-refractivity contribution in [3.05, 3.63) is 52.8 Å². The summed E-state index contributed by atoms with van der Waals surface area (Å²) in [6, 6.07) is 1.95.